The SMILES string of the molecule is Cn1nccc1-c1cc(NSc2cc(C(=O)O)ccc2C2CC2)c(-n2cccc2)cc1F. The molecule has 2 aromatic heterocycles. The zero-order chi connectivity index (χ0) is 22.2. The smallest absolute Gasteiger partial charge is 0.335 e. The summed E-state index contributed by atoms with van der Waals surface area (Å²) in [6.45, 7) is 0. The topological polar surface area (TPSA) is 72.1 Å². The Balaban J connectivity index is 1.55. The number of aromatic carboxylic acids is 1. The number of carbonyl (C=O) groups is 1. The van der Waals surface area contributed by atoms with Crippen LogP contribution in [-0.4, -0.2) is 25.4 Å². The highest BCUT2D eigenvalue weighted by molar-refractivity contribution is 8.00. The highest BCUT2D eigenvalue weighted by Gasteiger charge is 2.27. The Kier molecular flexibility index (Phi) is 5.22. The summed E-state index contributed by atoms with van der Waals surface area (Å²) < 4.78 is 21.9. The van der Waals surface area contributed by atoms with E-state index in [-0.39, 0.29) is 11.4 Å². The number of aryl methyl sites for hydroxylation is 1. The van der Waals surface area contributed by atoms with Gasteiger partial charge in [-0.15, -0.1) is 0 Å². The third kappa shape index (κ3) is 3.89. The fourth-order valence-electron chi connectivity index (χ4n) is 3.78. The Bertz CT molecular complexity index is 1300. The lowest BCUT2D eigenvalue weighted by Crippen LogP contribution is -2.03. The number of halogens is 1. The molecule has 0 radical (unpaired) electrons. The molecule has 2 aromatic carbocycles. The first-order chi connectivity index (χ1) is 15.5. The molecule has 6 nitrogen and oxygen atoms in total. The van der Waals surface area contributed by atoms with Crippen LogP contribution in [0.3, 0.4) is 0 Å². The van der Waals surface area contributed by atoms with E-state index in [1.807, 2.05) is 35.2 Å². The number of carboxylic acid groups (broad SMARTS) is 1. The van der Waals surface area contributed by atoms with Crippen LogP contribution < -0.4 is 4.72 Å². The number of benzene rings is 2. The fraction of sp³-hybridized carbons (Fsp3) is 0.167. The predicted molar refractivity (Wildman–Crippen MR) is 123 cm³/mol. The second kappa shape index (κ2) is 8.20. The van der Waals surface area contributed by atoms with Crippen LogP contribution >= 0.6 is 11.9 Å². The van der Waals surface area contributed by atoms with Crippen molar-refractivity contribution in [1.82, 2.24) is 14.3 Å². The largest absolute Gasteiger partial charge is 0.478 e. The third-order valence-electron chi connectivity index (χ3n) is 5.61. The molecule has 0 amide bonds. The Hall–Kier alpha value is -3.52. The molecule has 1 aliphatic carbocycles. The third-order valence-corrected chi connectivity index (χ3v) is 6.51. The van der Waals surface area contributed by atoms with Gasteiger partial charge >= 0.3 is 5.97 Å². The van der Waals surface area contributed by atoms with E-state index in [9.17, 15) is 9.90 Å². The minimum absolute atomic E-state index is 0.249. The van der Waals surface area contributed by atoms with Crippen molar-refractivity contribution in [2.24, 2.45) is 7.05 Å². The zero-order valence-corrected chi connectivity index (χ0v) is 18.1. The van der Waals surface area contributed by atoms with Crippen LogP contribution in [0, 0.1) is 5.82 Å². The molecule has 4 aromatic rings. The first-order valence-corrected chi connectivity index (χ1v) is 11.1. The molecule has 0 bridgehead atoms. The van der Waals surface area contributed by atoms with E-state index in [1.165, 1.54) is 18.0 Å². The van der Waals surface area contributed by atoms with Gasteiger partial charge < -0.3 is 14.4 Å². The van der Waals surface area contributed by atoms with Crippen molar-refractivity contribution >= 4 is 23.6 Å². The van der Waals surface area contributed by atoms with E-state index < -0.39 is 5.97 Å². The molecule has 0 atom stereocenters. The van der Waals surface area contributed by atoms with Crippen LogP contribution in [0.2, 0.25) is 0 Å². The summed E-state index contributed by atoms with van der Waals surface area (Å²) in [6, 6.07) is 14.1. The number of nitrogens with one attached hydrogen (secondary N) is 1. The molecule has 0 aliphatic heterocycles. The minimum atomic E-state index is -0.956. The van der Waals surface area contributed by atoms with Gasteiger partial charge in [0.1, 0.15) is 5.82 Å². The van der Waals surface area contributed by atoms with Gasteiger partial charge in [-0.3, -0.25) is 4.68 Å². The Labute approximate surface area is 188 Å². The molecule has 162 valence electrons. The average molecular weight is 449 g/mol. The van der Waals surface area contributed by atoms with E-state index in [1.54, 1.807) is 42.2 Å². The average Bonchev–Trinajstić information content (AvgIpc) is 3.30. The second-order valence-electron chi connectivity index (χ2n) is 7.82. The molecule has 0 saturated heterocycles. The first kappa shape index (κ1) is 20.4. The van der Waals surface area contributed by atoms with Gasteiger partial charge in [-0.25, -0.2) is 9.18 Å². The van der Waals surface area contributed by atoms with Crippen molar-refractivity contribution in [2.75, 3.05) is 4.72 Å². The Morgan fingerprint density at radius 2 is 1.97 bits per heavy atom. The van der Waals surface area contributed by atoms with Gasteiger partial charge in [-0.2, -0.15) is 5.10 Å². The molecular weight excluding hydrogens is 427 g/mol. The summed E-state index contributed by atoms with van der Waals surface area (Å²) in [4.78, 5) is 12.4. The van der Waals surface area contributed by atoms with Crippen LogP contribution in [-0.2, 0) is 7.05 Å². The van der Waals surface area contributed by atoms with Crippen molar-refractivity contribution in [3.63, 3.8) is 0 Å². The quantitative estimate of drug-likeness (QED) is 0.354. The van der Waals surface area contributed by atoms with Crippen LogP contribution in [0.4, 0.5) is 10.1 Å². The highest BCUT2D eigenvalue weighted by Crippen LogP contribution is 2.45. The molecule has 0 spiro atoms. The van der Waals surface area contributed by atoms with Crippen LogP contribution in [0.5, 0.6) is 0 Å². The lowest BCUT2D eigenvalue weighted by Gasteiger charge is -2.17. The summed E-state index contributed by atoms with van der Waals surface area (Å²) in [7, 11) is 1.77. The second-order valence-corrected chi connectivity index (χ2v) is 8.66. The normalized spacial score (nSPS) is 13.3. The zero-order valence-electron chi connectivity index (χ0n) is 17.3. The number of rotatable bonds is 7. The van der Waals surface area contributed by atoms with Gasteiger partial charge in [-0.05, 0) is 72.7 Å². The highest BCUT2D eigenvalue weighted by atomic mass is 32.2. The van der Waals surface area contributed by atoms with Crippen molar-refractivity contribution in [3.05, 3.63) is 84.1 Å². The molecule has 1 aliphatic rings. The van der Waals surface area contributed by atoms with E-state index >= 15 is 4.39 Å². The van der Waals surface area contributed by atoms with Crippen LogP contribution in [0.1, 0.15) is 34.7 Å². The first-order valence-electron chi connectivity index (χ1n) is 10.3. The summed E-state index contributed by atoms with van der Waals surface area (Å²) in [5.74, 6) is -0.841. The van der Waals surface area contributed by atoms with Crippen LogP contribution in [0.15, 0.2) is 72.0 Å². The summed E-state index contributed by atoms with van der Waals surface area (Å²) in [5.41, 5.74) is 3.87. The fourth-order valence-corrected chi connectivity index (χ4v) is 4.71. The molecule has 1 fully saturated rings. The van der Waals surface area contributed by atoms with Gasteiger partial charge in [0.05, 0.1) is 22.6 Å². The summed E-state index contributed by atoms with van der Waals surface area (Å²) in [6.07, 6.45) is 7.56. The molecule has 32 heavy (non-hydrogen) atoms. The van der Waals surface area contributed by atoms with Crippen LogP contribution in [0.25, 0.3) is 16.9 Å². The van der Waals surface area contributed by atoms with Gasteiger partial charge in [0.25, 0.3) is 0 Å². The van der Waals surface area contributed by atoms with Gasteiger partial charge in [0.15, 0.2) is 0 Å². The maximum atomic E-state index is 15.1. The number of carboxylic acids is 1. The monoisotopic (exact) mass is 448 g/mol. The number of hydrogen-bond acceptors (Lipinski definition) is 4. The van der Waals surface area contributed by atoms with Gasteiger partial charge in [0.2, 0.25) is 0 Å². The van der Waals surface area contributed by atoms with Crippen molar-refractivity contribution in [1.29, 1.82) is 0 Å². The van der Waals surface area contributed by atoms with Crippen molar-refractivity contribution in [2.45, 2.75) is 23.7 Å². The Morgan fingerprint density at radius 1 is 1.19 bits per heavy atom. The molecule has 5 rings (SSSR count). The number of hydrogen-bond donors (Lipinski definition) is 2. The van der Waals surface area contributed by atoms with Crippen molar-refractivity contribution < 1.29 is 14.3 Å². The standard InChI is InChI=1S/C24H21FN4O2S/c1-28-21(8-9-26-28)18-13-20(22(14-19(18)25)29-10-2-3-11-29)27-32-23-12-16(24(30)31)6-7-17(23)15-4-5-15/h2-3,6-15,27H,4-5H2,1H3,(H,30,31). The minimum Gasteiger partial charge on any atom is -0.478 e. The maximum Gasteiger partial charge on any atom is 0.335 e. The lowest BCUT2D eigenvalue weighted by molar-refractivity contribution is 0.0696. The molecule has 8 heteroatoms. The maximum absolute atomic E-state index is 15.1. The van der Waals surface area contributed by atoms with E-state index in [0.29, 0.717) is 28.6 Å². The number of aromatic nitrogens is 3. The van der Waals surface area contributed by atoms with E-state index in [2.05, 4.69) is 9.82 Å². The molecule has 1 saturated carbocycles. The van der Waals surface area contributed by atoms with Crippen molar-refractivity contribution in [3.8, 4) is 16.9 Å². The molecule has 0 unspecified atom stereocenters. The van der Waals surface area contributed by atoms with Gasteiger partial charge in [0, 0.05) is 42.2 Å². The lowest BCUT2D eigenvalue weighted by atomic mass is 10.1. The summed E-state index contributed by atoms with van der Waals surface area (Å²) in [5, 5.41) is 13.6. The molecular formula is C24H21FN4O2S. The molecule has 2 N–H and O–H groups in total. The van der Waals surface area contributed by atoms with E-state index in [0.717, 1.165) is 23.3 Å². The predicted octanol–water partition coefficient (Wildman–Crippen LogP) is 5.71. The molecule has 2 heterocycles. The number of nitrogens with zero attached hydrogens (tertiary/aromatic N) is 3. The van der Waals surface area contributed by atoms with E-state index in [4.69, 9.17) is 0 Å². The summed E-state index contributed by atoms with van der Waals surface area (Å²) >= 11 is 1.36. The number of anilines is 1. The van der Waals surface area contributed by atoms with Gasteiger partial charge in [-0.1, -0.05) is 6.07 Å². The Morgan fingerprint density at radius 3 is 2.62 bits per heavy atom.